The molecule has 1 aromatic carbocycles. The number of carbonyl (C=O) groups excluding carboxylic acids is 1. The van der Waals surface area contributed by atoms with Crippen LogP contribution in [0.25, 0.3) is 10.4 Å². The first-order chi connectivity index (χ1) is 10.7. The molecule has 0 unspecified atom stereocenters. The second-order valence-electron chi connectivity index (χ2n) is 4.50. The molecular formula is C16H13N3O2S. The summed E-state index contributed by atoms with van der Waals surface area (Å²) in [5.41, 5.74) is 1.81. The minimum absolute atomic E-state index is 0.487. The van der Waals surface area contributed by atoms with E-state index in [2.05, 4.69) is 15.3 Å². The Balaban J connectivity index is 1.73. The number of rotatable bonds is 3. The van der Waals surface area contributed by atoms with Gasteiger partial charge in [-0.2, -0.15) is 0 Å². The van der Waals surface area contributed by atoms with E-state index >= 15 is 0 Å². The van der Waals surface area contributed by atoms with Crippen LogP contribution in [0.5, 0.6) is 5.75 Å². The number of aromatic nitrogens is 2. The summed E-state index contributed by atoms with van der Waals surface area (Å²) in [7, 11) is 0. The average molecular weight is 311 g/mol. The number of nitrogens with zero attached hydrogens (tertiary/aromatic N) is 2. The number of benzene rings is 1. The largest absolute Gasteiger partial charge is 0.418 e. The molecule has 0 spiro atoms. The number of para-hydroxylation sites is 1. The van der Waals surface area contributed by atoms with E-state index in [4.69, 9.17) is 4.74 Å². The van der Waals surface area contributed by atoms with Crippen LogP contribution in [-0.4, -0.2) is 16.1 Å². The van der Waals surface area contributed by atoms with Crippen molar-refractivity contribution in [2.45, 2.75) is 6.92 Å². The first-order valence-electron chi connectivity index (χ1n) is 6.64. The predicted molar refractivity (Wildman–Crippen MR) is 86.2 cm³/mol. The lowest BCUT2D eigenvalue weighted by Gasteiger charge is -2.03. The molecule has 5 nitrogen and oxygen atoms in total. The van der Waals surface area contributed by atoms with Crippen LogP contribution in [0.3, 0.4) is 0 Å². The van der Waals surface area contributed by atoms with Crippen LogP contribution in [0.4, 0.5) is 9.93 Å². The van der Waals surface area contributed by atoms with Crippen molar-refractivity contribution >= 4 is 22.6 Å². The Kier molecular flexibility index (Phi) is 4.11. The number of amides is 1. The fourth-order valence-electron chi connectivity index (χ4n) is 1.92. The second-order valence-corrected chi connectivity index (χ2v) is 5.50. The molecule has 2 heterocycles. The summed E-state index contributed by atoms with van der Waals surface area (Å²) in [5, 5.41) is 3.14. The first-order valence-corrected chi connectivity index (χ1v) is 7.46. The number of thiazole rings is 1. The lowest BCUT2D eigenvalue weighted by atomic mass is 10.2. The molecule has 0 atom stereocenters. The van der Waals surface area contributed by atoms with E-state index in [9.17, 15) is 4.79 Å². The molecule has 3 aromatic rings. The molecule has 6 heteroatoms. The summed E-state index contributed by atoms with van der Waals surface area (Å²) in [6.45, 7) is 1.90. The van der Waals surface area contributed by atoms with E-state index in [1.807, 2.05) is 25.1 Å². The molecular weight excluding hydrogens is 298 g/mol. The summed E-state index contributed by atoms with van der Waals surface area (Å²) in [4.78, 5) is 21.3. The van der Waals surface area contributed by atoms with Crippen molar-refractivity contribution in [3.8, 4) is 16.2 Å². The van der Waals surface area contributed by atoms with E-state index in [-0.39, 0.29) is 0 Å². The van der Waals surface area contributed by atoms with Gasteiger partial charge in [0.05, 0.1) is 10.6 Å². The Hall–Kier alpha value is -2.73. The highest BCUT2D eigenvalue weighted by Gasteiger charge is 2.13. The minimum Gasteiger partial charge on any atom is -0.410 e. The Morgan fingerprint density at radius 3 is 2.73 bits per heavy atom. The maximum atomic E-state index is 11.9. The number of nitrogens with one attached hydrogen (secondary N) is 1. The minimum atomic E-state index is -0.558. The molecule has 0 fully saturated rings. The number of anilines is 1. The highest BCUT2D eigenvalue weighted by Crippen LogP contribution is 2.32. The number of aryl methyl sites for hydroxylation is 1. The standard InChI is InChI=1S/C16H13N3O2S/c1-11-14(12-6-5-9-17-10-12)22-15(18-11)19-16(20)21-13-7-3-2-4-8-13/h2-10H,1H3,(H,18,19,20). The number of hydrogen-bond acceptors (Lipinski definition) is 5. The van der Waals surface area contributed by atoms with Crippen molar-refractivity contribution < 1.29 is 9.53 Å². The zero-order chi connectivity index (χ0) is 15.4. The third kappa shape index (κ3) is 3.29. The summed E-state index contributed by atoms with van der Waals surface area (Å²) in [6.07, 6.45) is 2.93. The molecule has 1 amide bonds. The number of pyridine rings is 1. The molecule has 110 valence electrons. The molecule has 0 saturated heterocycles. The van der Waals surface area contributed by atoms with Crippen LogP contribution in [-0.2, 0) is 0 Å². The van der Waals surface area contributed by atoms with Gasteiger partial charge in [0.25, 0.3) is 0 Å². The van der Waals surface area contributed by atoms with Crippen molar-refractivity contribution in [1.29, 1.82) is 0 Å². The Morgan fingerprint density at radius 2 is 2.00 bits per heavy atom. The van der Waals surface area contributed by atoms with Gasteiger partial charge < -0.3 is 4.74 Å². The first kappa shape index (κ1) is 14.2. The zero-order valence-corrected chi connectivity index (χ0v) is 12.6. The van der Waals surface area contributed by atoms with E-state index < -0.39 is 6.09 Å². The van der Waals surface area contributed by atoms with Crippen LogP contribution >= 0.6 is 11.3 Å². The number of ether oxygens (including phenoxy) is 1. The highest BCUT2D eigenvalue weighted by atomic mass is 32.1. The average Bonchev–Trinajstić information content (AvgIpc) is 2.89. The van der Waals surface area contributed by atoms with Crippen LogP contribution in [0.15, 0.2) is 54.9 Å². The molecule has 0 bridgehead atoms. The van der Waals surface area contributed by atoms with Crippen LogP contribution in [0.1, 0.15) is 5.69 Å². The highest BCUT2D eigenvalue weighted by molar-refractivity contribution is 7.19. The maximum Gasteiger partial charge on any atom is 0.418 e. The fraction of sp³-hybridized carbons (Fsp3) is 0.0625. The summed E-state index contributed by atoms with van der Waals surface area (Å²) in [5.74, 6) is 0.487. The van der Waals surface area contributed by atoms with Gasteiger partial charge in [-0.3, -0.25) is 10.3 Å². The summed E-state index contributed by atoms with van der Waals surface area (Å²) >= 11 is 1.39. The van der Waals surface area contributed by atoms with Gasteiger partial charge in [-0.05, 0) is 25.1 Å². The normalized spacial score (nSPS) is 10.2. The Bertz CT molecular complexity index is 773. The Labute approximate surface area is 131 Å². The molecule has 1 N–H and O–H groups in total. The van der Waals surface area contributed by atoms with E-state index in [0.29, 0.717) is 10.9 Å². The topological polar surface area (TPSA) is 64.1 Å². The second kappa shape index (κ2) is 6.36. The van der Waals surface area contributed by atoms with Crippen LogP contribution in [0.2, 0.25) is 0 Å². The third-order valence-corrected chi connectivity index (χ3v) is 4.01. The fourth-order valence-corrected chi connectivity index (χ4v) is 2.87. The van der Waals surface area contributed by atoms with E-state index in [1.54, 1.807) is 36.7 Å². The predicted octanol–water partition coefficient (Wildman–Crippen LogP) is 4.12. The molecule has 0 aliphatic heterocycles. The van der Waals surface area contributed by atoms with Gasteiger partial charge in [-0.1, -0.05) is 35.6 Å². The number of hydrogen-bond donors (Lipinski definition) is 1. The molecule has 3 rings (SSSR count). The van der Waals surface area contributed by atoms with Crippen molar-refractivity contribution in [3.63, 3.8) is 0 Å². The van der Waals surface area contributed by atoms with Gasteiger partial charge in [0.1, 0.15) is 5.75 Å². The lowest BCUT2D eigenvalue weighted by molar-refractivity contribution is 0.215. The molecule has 22 heavy (non-hydrogen) atoms. The van der Waals surface area contributed by atoms with Gasteiger partial charge >= 0.3 is 6.09 Å². The van der Waals surface area contributed by atoms with E-state index in [0.717, 1.165) is 16.1 Å². The third-order valence-electron chi connectivity index (χ3n) is 2.88. The number of carbonyl (C=O) groups is 1. The molecule has 0 radical (unpaired) electrons. The quantitative estimate of drug-likeness (QED) is 0.790. The van der Waals surface area contributed by atoms with Gasteiger partial charge in [0.2, 0.25) is 0 Å². The van der Waals surface area contributed by atoms with Gasteiger partial charge in [0.15, 0.2) is 5.13 Å². The van der Waals surface area contributed by atoms with Gasteiger partial charge in [-0.25, -0.2) is 9.78 Å². The van der Waals surface area contributed by atoms with Gasteiger partial charge in [0, 0.05) is 18.0 Å². The monoisotopic (exact) mass is 311 g/mol. The SMILES string of the molecule is Cc1nc(NC(=O)Oc2ccccc2)sc1-c1cccnc1. The van der Waals surface area contributed by atoms with Crippen molar-refractivity contribution in [3.05, 3.63) is 60.6 Å². The molecule has 0 aliphatic rings. The molecule has 2 aromatic heterocycles. The maximum absolute atomic E-state index is 11.9. The zero-order valence-electron chi connectivity index (χ0n) is 11.8. The van der Waals surface area contributed by atoms with Crippen molar-refractivity contribution in [2.75, 3.05) is 5.32 Å². The summed E-state index contributed by atoms with van der Waals surface area (Å²) < 4.78 is 5.18. The van der Waals surface area contributed by atoms with Crippen LogP contribution in [0, 0.1) is 6.92 Å². The molecule has 0 aliphatic carbocycles. The van der Waals surface area contributed by atoms with Crippen LogP contribution < -0.4 is 10.1 Å². The lowest BCUT2D eigenvalue weighted by Crippen LogP contribution is -2.16. The van der Waals surface area contributed by atoms with Crippen molar-refractivity contribution in [1.82, 2.24) is 9.97 Å². The smallest absolute Gasteiger partial charge is 0.410 e. The van der Waals surface area contributed by atoms with Crippen molar-refractivity contribution in [2.24, 2.45) is 0 Å². The Morgan fingerprint density at radius 1 is 1.18 bits per heavy atom. The van der Waals surface area contributed by atoms with E-state index in [1.165, 1.54) is 11.3 Å². The molecule has 0 saturated carbocycles. The summed E-state index contributed by atoms with van der Waals surface area (Å²) in [6, 6.07) is 12.7. The van der Waals surface area contributed by atoms with Gasteiger partial charge in [-0.15, -0.1) is 0 Å².